The Kier molecular flexibility index (Phi) is 3.02. The summed E-state index contributed by atoms with van der Waals surface area (Å²) in [6.07, 6.45) is 3.22. The van der Waals surface area contributed by atoms with Crippen LogP contribution in [0.15, 0.2) is 0 Å². The van der Waals surface area contributed by atoms with Crippen LogP contribution in [0.25, 0.3) is 0 Å². The van der Waals surface area contributed by atoms with Crippen molar-refractivity contribution in [3.05, 3.63) is 0 Å². The molecule has 0 amide bonds. The lowest BCUT2D eigenvalue weighted by Gasteiger charge is -2.32. The molecule has 1 fully saturated rings. The lowest BCUT2D eigenvalue weighted by molar-refractivity contribution is -0.116. The van der Waals surface area contributed by atoms with E-state index in [9.17, 15) is 4.79 Å². The van der Waals surface area contributed by atoms with E-state index in [0.717, 1.165) is 38.8 Å². The van der Waals surface area contributed by atoms with Gasteiger partial charge >= 0.3 is 0 Å². The summed E-state index contributed by atoms with van der Waals surface area (Å²) >= 11 is 0. The highest BCUT2D eigenvalue weighted by Crippen LogP contribution is 2.22. The Morgan fingerprint density at radius 2 is 2.55 bits per heavy atom. The van der Waals surface area contributed by atoms with E-state index in [0.29, 0.717) is 0 Å². The van der Waals surface area contributed by atoms with Crippen molar-refractivity contribution in [2.75, 3.05) is 26.7 Å². The molecule has 1 rings (SSSR count). The van der Waals surface area contributed by atoms with Crippen LogP contribution in [-0.2, 0) is 4.79 Å². The lowest BCUT2D eigenvalue weighted by Crippen LogP contribution is -2.46. The Morgan fingerprint density at radius 3 is 3.00 bits per heavy atom. The van der Waals surface area contributed by atoms with Crippen molar-refractivity contribution in [2.45, 2.75) is 12.8 Å². The summed E-state index contributed by atoms with van der Waals surface area (Å²) in [7, 11) is 1.89. The maximum absolute atomic E-state index is 10.8. The number of rotatable bonds is 3. The summed E-state index contributed by atoms with van der Waals surface area (Å²) in [5, 5.41) is 6.30. The second kappa shape index (κ2) is 3.83. The summed E-state index contributed by atoms with van der Waals surface area (Å²) in [5.41, 5.74) is -0.132. The minimum absolute atomic E-state index is 0.132. The number of piperidine rings is 1. The summed E-state index contributed by atoms with van der Waals surface area (Å²) in [6, 6.07) is 0. The number of hydrogen-bond donors (Lipinski definition) is 2. The van der Waals surface area contributed by atoms with Crippen LogP contribution >= 0.6 is 0 Å². The number of carbonyl (C=O) groups excluding carboxylic acids is 1. The predicted molar refractivity (Wildman–Crippen MR) is 44.5 cm³/mol. The SMILES string of the molecule is CNCC1(C=O)CCCNC1. The molecule has 0 radical (unpaired) electrons. The zero-order chi connectivity index (χ0) is 8.16. The molecule has 1 aliphatic heterocycles. The van der Waals surface area contributed by atoms with Crippen molar-refractivity contribution in [1.82, 2.24) is 10.6 Å². The van der Waals surface area contributed by atoms with Gasteiger partial charge in [0.05, 0.1) is 5.41 Å². The van der Waals surface area contributed by atoms with Crippen molar-refractivity contribution < 1.29 is 4.79 Å². The third-order valence-corrected chi connectivity index (χ3v) is 2.28. The van der Waals surface area contributed by atoms with E-state index in [1.807, 2.05) is 7.05 Å². The topological polar surface area (TPSA) is 41.1 Å². The van der Waals surface area contributed by atoms with E-state index in [4.69, 9.17) is 0 Å². The average molecular weight is 156 g/mol. The molecule has 2 N–H and O–H groups in total. The summed E-state index contributed by atoms with van der Waals surface area (Å²) in [5.74, 6) is 0. The molecule has 0 aliphatic carbocycles. The van der Waals surface area contributed by atoms with Crippen LogP contribution in [0.1, 0.15) is 12.8 Å². The van der Waals surface area contributed by atoms with Crippen molar-refractivity contribution in [3.8, 4) is 0 Å². The van der Waals surface area contributed by atoms with Gasteiger partial charge in [0.25, 0.3) is 0 Å². The highest BCUT2D eigenvalue weighted by atomic mass is 16.1. The fraction of sp³-hybridized carbons (Fsp3) is 0.875. The third-order valence-electron chi connectivity index (χ3n) is 2.28. The quantitative estimate of drug-likeness (QED) is 0.555. The van der Waals surface area contributed by atoms with Gasteiger partial charge in [-0.05, 0) is 26.4 Å². The largest absolute Gasteiger partial charge is 0.319 e. The minimum atomic E-state index is -0.132. The van der Waals surface area contributed by atoms with Gasteiger partial charge in [0.1, 0.15) is 6.29 Å². The van der Waals surface area contributed by atoms with Crippen molar-refractivity contribution in [3.63, 3.8) is 0 Å². The molecule has 1 aliphatic rings. The Morgan fingerprint density at radius 1 is 1.73 bits per heavy atom. The Hall–Kier alpha value is -0.410. The number of nitrogens with one attached hydrogen (secondary N) is 2. The van der Waals surface area contributed by atoms with Gasteiger partial charge in [-0.1, -0.05) is 0 Å². The van der Waals surface area contributed by atoms with E-state index < -0.39 is 0 Å². The molecule has 1 saturated heterocycles. The first-order valence-electron chi connectivity index (χ1n) is 4.15. The normalized spacial score (nSPS) is 31.7. The monoisotopic (exact) mass is 156 g/mol. The fourth-order valence-corrected chi connectivity index (χ4v) is 1.64. The van der Waals surface area contributed by atoms with Crippen LogP contribution in [-0.4, -0.2) is 33.0 Å². The summed E-state index contributed by atoms with van der Waals surface area (Å²) in [6.45, 7) is 2.68. The molecule has 0 saturated carbocycles. The van der Waals surface area contributed by atoms with Gasteiger partial charge in [-0.15, -0.1) is 0 Å². The number of carbonyl (C=O) groups is 1. The van der Waals surface area contributed by atoms with E-state index in [1.54, 1.807) is 0 Å². The van der Waals surface area contributed by atoms with E-state index in [2.05, 4.69) is 10.6 Å². The van der Waals surface area contributed by atoms with Gasteiger partial charge in [-0.25, -0.2) is 0 Å². The maximum Gasteiger partial charge on any atom is 0.128 e. The maximum atomic E-state index is 10.8. The number of aldehydes is 1. The van der Waals surface area contributed by atoms with E-state index in [-0.39, 0.29) is 5.41 Å². The molecule has 64 valence electrons. The summed E-state index contributed by atoms with van der Waals surface area (Å²) in [4.78, 5) is 10.8. The van der Waals surface area contributed by atoms with Gasteiger partial charge in [-0.2, -0.15) is 0 Å². The predicted octanol–water partition coefficient (Wildman–Crippen LogP) is -0.225. The molecule has 0 aromatic rings. The molecule has 0 aromatic carbocycles. The highest BCUT2D eigenvalue weighted by molar-refractivity contribution is 5.60. The average Bonchev–Trinajstić information content (AvgIpc) is 2.07. The molecule has 11 heavy (non-hydrogen) atoms. The van der Waals surface area contributed by atoms with Gasteiger partial charge in [0.15, 0.2) is 0 Å². The first-order chi connectivity index (χ1) is 5.33. The fourth-order valence-electron chi connectivity index (χ4n) is 1.64. The van der Waals surface area contributed by atoms with Crippen LogP contribution in [0.4, 0.5) is 0 Å². The smallest absolute Gasteiger partial charge is 0.128 e. The van der Waals surface area contributed by atoms with Gasteiger partial charge < -0.3 is 15.4 Å². The van der Waals surface area contributed by atoms with Crippen LogP contribution in [0.3, 0.4) is 0 Å². The van der Waals surface area contributed by atoms with Crippen LogP contribution in [0.2, 0.25) is 0 Å². The Bertz CT molecular complexity index is 125. The molecule has 0 aromatic heterocycles. The van der Waals surface area contributed by atoms with Gasteiger partial charge in [-0.3, -0.25) is 0 Å². The van der Waals surface area contributed by atoms with Crippen molar-refractivity contribution >= 4 is 6.29 Å². The third kappa shape index (κ3) is 2.01. The molecular weight excluding hydrogens is 140 g/mol. The first-order valence-corrected chi connectivity index (χ1v) is 4.15. The zero-order valence-corrected chi connectivity index (χ0v) is 7.02. The van der Waals surface area contributed by atoms with E-state index >= 15 is 0 Å². The molecule has 0 bridgehead atoms. The Balaban J connectivity index is 2.49. The molecule has 0 spiro atoms. The first kappa shape index (κ1) is 8.68. The zero-order valence-electron chi connectivity index (χ0n) is 7.02. The molecule has 1 atom stereocenters. The molecule has 1 unspecified atom stereocenters. The van der Waals surface area contributed by atoms with Crippen molar-refractivity contribution in [1.29, 1.82) is 0 Å². The number of hydrogen-bond acceptors (Lipinski definition) is 3. The Labute approximate surface area is 67.5 Å². The van der Waals surface area contributed by atoms with Crippen molar-refractivity contribution in [2.24, 2.45) is 5.41 Å². The van der Waals surface area contributed by atoms with Crippen LogP contribution < -0.4 is 10.6 Å². The standard InChI is InChI=1S/C8H16N2O/c1-9-5-8(7-11)3-2-4-10-6-8/h7,9-10H,2-6H2,1H3. The van der Waals surface area contributed by atoms with Crippen LogP contribution in [0, 0.1) is 5.41 Å². The molecular formula is C8H16N2O. The lowest BCUT2D eigenvalue weighted by atomic mass is 9.82. The highest BCUT2D eigenvalue weighted by Gasteiger charge is 2.30. The van der Waals surface area contributed by atoms with Gasteiger partial charge in [0, 0.05) is 13.1 Å². The molecule has 1 heterocycles. The molecule has 3 nitrogen and oxygen atoms in total. The molecule has 3 heteroatoms. The second-order valence-electron chi connectivity index (χ2n) is 3.29. The summed E-state index contributed by atoms with van der Waals surface area (Å²) < 4.78 is 0. The van der Waals surface area contributed by atoms with Crippen LogP contribution in [0.5, 0.6) is 0 Å². The van der Waals surface area contributed by atoms with Gasteiger partial charge in [0.2, 0.25) is 0 Å². The van der Waals surface area contributed by atoms with E-state index in [1.165, 1.54) is 0 Å². The second-order valence-corrected chi connectivity index (χ2v) is 3.29. The minimum Gasteiger partial charge on any atom is -0.319 e.